The monoisotopic (exact) mass is 279 g/mol. The van der Waals surface area contributed by atoms with Gasteiger partial charge in [0.05, 0.1) is 6.61 Å². The molecule has 1 N–H and O–H groups in total. The molecule has 0 heterocycles. The van der Waals surface area contributed by atoms with Crippen LogP contribution in [0.25, 0.3) is 0 Å². The van der Waals surface area contributed by atoms with Crippen molar-refractivity contribution < 1.29 is 14.6 Å². The number of carboxylic acid groups (broad SMARTS) is 1. The van der Waals surface area contributed by atoms with Crippen molar-refractivity contribution in [2.45, 2.75) is 46.2 Å². The second kappa shape index (κ2) is 8.59. The lowest BCUT2D eigenvalue weighted by Crippen LogP contribution is -2.31. The van der Waals surface area contributed by atoms with E-state index in [-0.39, 0.29) is 6.42 Å². The molecule has 112 valence electrons. The summed E-state index contributed by atoms with van der Waals surface area (Å²) in [5.74, 6) is 0.160. The number of hydrogen-bond acceptors (Lipinski definition) is 3. The molecule has 0 unspecified atom stereocenters. The van der Waals surface area contributed by atoms with Crippen LogP contribution in [0.4, 0.5) is 0 Å². The molecule has 0 atom stereocenters. The summed E-state index contributed by atoms with van der Waals surface area (Å²) in [5, 5.41) is 8.70. The summed E-state index contributed by atoms with van der Waals surface area (Å²) >= 11 is 0. The van der Waals surface area contributed by atoms with Gasteiger partial charge in [0.1, 0.15) is 5.75 Å². The fraction of sp³-hybridized carbons (Fsp3) is 0.562. The highest BCUT2D eigenvalue weighted by Crippen LogP contribution is 2.15. The molecule has 0 bridgehead atoms. The van der Waals surface area contributed by atoms with E-state index in [9.17, 15) is 4.79 Å². The van der Waals surface area contributed by atoms with Crippen LogP contribution in [0.15, 0.2) is 24.3 Å². The predicted octanol–water partition coefficient (Wildman–Crippen LogP) is 3.16. The van der Waals surface area contributed by atoms with Crippen LogP contribution in [0.3, 0.4) is 0 Å². The minimum absolute atomic E-state index is 0.229. The average molecular weight is 279 g/mol. The topological polar surface area (TPSA) is 49.8 Å². The third-order valence-electron chi connectivity index (χ3n) is 3.19. The van der Waals surface area contributed by atoms with E-state index in [2.05, 4.69) is 30.9 Å². The molecule has 20 heavy (non-hydrogen) atoms. The Morgan fingerprint density at radius 1 is 1.30 bits per heavy atom. The smallest absolute Gasteiger partial charge is 0.303 e. The molecule has 0 saturated heterocycles. The minimum atomic E-state index is -0.727. The Morgan fingerprint density at radius 3 is 2.45 bits per heavy atom. The Labute approximate surface area is 121 Å². The van der Waals surface area contributed by atoms with Crippen LogP contribution in [0.5, 0.6) is 5.75 Å². The predicted molar refractivity (Wildman–Crippen MR) is 80.0 cm³/mol. The second-order valence-corrected chi connectivity index (χ2v) is 5.14. The molecule has 4 nitrogen and oxygen atoms in total. The fourth-order valence-corrected chi connectivity index (χ4v) is 2.05. The zero-order valence-electron chi connectivity index (χ0n) is 12.6. The van der Waals surface area contributed by atoms with Gasteiger partial charge in [0.2, 0.25) is 0 Å². The third kappa shape index (κ3) is 6.06. The van der Waals surface area contributed by atoms with Gasteiger partial charge < -0.3 is 9.84 Å². The number of carboxylic acids is 1. The quantitative estimate of drug-likeness (QED) is 0.754. The van der Waals surface area contributed by atoms with E-state index < -0.39 is 5.97 Å². The molecular weight excluding hydrogens is 254 g/mol. The van der Waals surface area contributed by atoms with Crippen LogP contribution in [0.2, 0.25) is 0 Å². The van der Waals surface area contributed by atoms with E-state index in [1.54, 1.807) is 0 Å². The molecule has 0 aromatic heterocycles. The lowest BCUT2D eigenvalue weighted by molar-refractivity contribution is -0.137. The van der Waals surface area contributed by atoms with E-state index in [1.807, 2.05) is 19.1 Å². The molecule has 4 heteroatoms. The van der Waals surface area contributed by atoms with Gasteiger partial charge in [-0.3, -0.25) is 9.69 Å². The summed E-state index contributed by atoms with van der Waals surface area (Å²) in [6, 6.07) is 8.49. The van der Waals surface area contributed by atoms with E-state index in [0.717, 1.165) is 18.8 Å². The molecule has 0 aliphatic rings. The molecule has 0 fully saturated rings. The standard InChI is InChI=1S/C16H25NO3/c1-4-20-15-9-7-14(8-10-15)12-17(13(2)3)11-5-6-16(18)19/h7-10,13H,4-6,11-12H2,1-3H3,(H,18,19). The minimum Gasteiger partial charge on any atom is -0.494 e. The van der Waals surface area contributed by atoms with E-state index in [0.29, 0.717) is 19.1 Å². The average Bonchev–Trinajstić information content (AvgIpc) is 2.39. The number of ether oxygens (including phenoxy) is 1. The van der Waals surface area contributed by atoms with E-state index >= 15 is 0 Å². The maximum absolute atomic E-state index is 10.6. The van der Waals surface area contributed by atoms with Crippen molar-refractivity contribution in [2.24, 2.45) is 0 Å². The van der Waals surface area contributed by atoms with Crippen LogP contribution in [-0.2, 0) is 11.3 Å². The van der Waals surface area contributed by atoms with E-state index in [1.165, 1.54) is 5.56 Å². The SMILES string of the molecule is CCOc1ccc(CN(CCCC(=O)O)C(C)C)cc1. The molecule has 1 aromatic carbocycles. The normalized spacial score (nSPS) is 11.1. The van der Waals surface area contributed by atoms with Crippen molar-refractivity contribution in [1.82, 2.24) is 4.90 Å². The van der Waals surface area contributed by atoms with E-state index in [4.69, 9.17) is 9.84 Å². The zero-order valence-corrected chi connectivity index (χ0v) is 12.6. The molecule has 0 spiro atoms. The van der Waals surface area contributed by atoms with Crippen molar-refractivity contribution in [1.29, 1.82) is 0 Å². The summed E-state index contributed by atoms with van der Waals surface area (Å²) in [7, 11) is 0. The number of benzene rings is 1. The highest BCUT2D eigenvalue weighted by Gasteiger charge is 2.11. The molecule has 0 radical (unpaired) electrons. The largest absolute Gasteiger partial charge is 0.494 e. The summed E-state index contributed by atoms with van der Waals surface area (Å²) in [4.78, 5) is 12.9. The lowest BCUT2D eigenvalue weighted by atomic mass is 10.1. The molecule has 0 aliphatic carbocycles. The Morgan fingerprint density at radius 2 is 1.95 bits per heavy atom. The van der Waals surface area contributed by atoms with Gasteiger partial charge in [0, 0.05) is 19.0 Å². The number of rotatable bonds is 9. The van der Waals surface area contributed by atoms with Crippen LogP contribution < -0.4 is 4.74 Å². The first-order valence-electron chi connectivity index (χ1n) is 7.20. The van der Waals surface area contributed by atoms with Crippen molar-refractivity contribution in [2.75, 3.05) is 13.2 Å². The fourth-order valence-electron chi connectivity index (χ4n) is 2.05. The molecule has 1 rings (SSSR count). The summed E-state index contributed by atoms with van der Waals surface area (Å²) in [5.41, 5.74) is 1.22. The van der Waals surface area contributed by atoms with Gasteiger partial charge in [-0.05, 0) is 51.4 Å². The first kappa shape index (κ1) is 16.5. The molecule has 0 saturated carbocycles. The van der Waals surface area contributed by atoms with Crippen LogP contribution >= 0.6 is 0 Å². The zero-order chi connectivity index (χ0) is 15.0. The highest BCUT2D eigenvalue weighted by molar-refractivity contribution is 5.66. The van der Waals surface area contributed by atoms with Gasteiger partial charge in [0.15, 0.2) is 0 Å². The molecule has 0 amide bonds. The van der Waals surface area contributed by atoms with Crippen molar-refractivity contribution in [3.8, 4) is 5.75 Å². The molecule has 1 aromatic rings. The van der Waals surface area contributed by atoms with Gasteiger partial charge in [-0.1, -0.05) is 12.1 Å². The van der Waals surface area contributed by atoms with Crippen LogP contribution in [-0.4, -0.2) is 35.2 Å². The van der Waals surface area contributed by atoms with Gasteiger partial charge in [-0.25, -0.2) is 0 Å². The molecular formula is C16H25NO3. The first-order chi connectivity index (χ1) is 9.52. The Bertz CT molecular complexity index is 401. The van der Waals surface area contributed by atoms with Gasteiger partial charge in [-0.2, -0.15) is 0 Å². The van der Waals surface area contributed by atoms with Crippen LogP contribution in [0, 0.1) is 0 Å². The highest BCUT2D eigenvalue weighted by atomic mass is 16.5. The first-order valence-corrected chi connectivity index (χ1v) is 7.20. The third-order valence-corrected chi connectivity index (χ3v) is 3.19. The Balaban J connectivity index is 2.53. The van der Waals surface area contributed by atoms with Crippen molar-refractivity contribution in [3.05, 3.63) is 29.8 Å². The van der Waals surface area contributed by atoms with Gasteiger partial charge >= 0.3 is 5.97 Å². The summed E-state index contributed by atoms with van der Waals surface area (Å²) in [6.45, 7) is 8.55. The lowest BCUT2D eigenvalue weighted by Gasteiger charge is -2.26. The van der Waals surface area contributed by atoms with Crippen molar-refractivity contribution in [3.63, 3.8) is 0 Å². The molecule has 0 aliphatic heterocycles. The maximum Gasteiger partial charge on any atom is 0.303 e. The van der Waals surface area contributed by atoms with Gasteiger partial charge in [0.25, 0.3) is 0 Å². The summed E-state index contributed by atoms with van der Waals surface area (Å²) < 4.78 is 5.43. The second-order valence-electron chi connectivity index (χ2n) is 5.14. The van der Waals surface area contributed by atoms with Gasteiger partial charge in [-0.15, -0.1) is 0 Å². The number of aliphatic carboxylic acids is 1. The number of hydrogen-bond donors (Lipinski definition) is 1. The Kier molecular flexibility index (Phi) is 7.09. The number of carbonyl (C=O) groups is 1. The number of nitrogens with zero attached hydrogens (tertiary/aromatic N) is 1. The Hall–Kier alpha value is -1.55. The van der Waals surface area contributed by atoms with Crippen molar-refractivity contribution >= 4 is 5.97 Å². The maximum atomic E-state index is 10.6. The van der Waals surface area contributed by atoms with Crippen LogP contribution in [0.1, 0.15) is 39.2 Å². The summed E-state index contributed by atoms with van der Waals surface area (Å²) in [6.07, 6.45) is 0.914.